The molecule has 1 atom stereocenters. The SMILES string of the molecule is CCc1cc(CC)c2c(c1)N(C(CC)S(=O)(=O)O)c1c(CC)cccc1O2. The minimum Gasteiger partial charge on any atom is -0.453 e. The summed E-state index contributed by atoms with van der Waals surface area (Å²) in [5.41, 5.74) is 4.57. The van der Waals surface area contributed by atoms with Crippen LogP contribution in [-0.4, -0.2) is 18.3 Å². The van der Waals surface area contributed by atoms with Crippen LogP contribution < -0.4 is 9.64 Å². The third-order valence-electron chi connectivity index (χ3n) is 5.15. The highest BCUT2D eigenvalue weighted by Gasteiger charge is 2.38. The van der Waals surface area contributed by atoms with Gasteiger partial charge in [-0.15, -0.1) is 0 Å². The first-order valence-electron chi connectivity index (χ1n) is 9.56. The number of rotatable bonds is 6. The van der Waals surface area contributed by atoms with E-state index in [0.717, 1.165) is 41.6 Å². The quantitative estimate of drug-likeness (QED) is 0.684. The predicted octanol–water partition coefficient (Wildman–Crippen LogP) is 5.24. The van der Waals surface area contributed by atoms with Gasteiger partial charge in [0.15, 0.2) is 16.9 Å². The fourth-order valence-electron chi connectivity index (χ4n) is 3.76. The van der Waals surface area contributed by atoms with Gasteiger partial charge in [0, 0.05) is 0 Å². The van der Waals surface area contributed by atoms with Gasteiger partial charge in [0.1, 0.15) is 0 Å². The number of fused-ring (bicyclic) bond motifs is 2. The Labute approximate surface area is 161 Å². The summed E-state index contributed by atoms with van der Waals surface area (Å²) in [6.07, 6.45) is 2.59. The molecule has 2 aromatic carbocycles. The molecule has 2 aromatic rings. The van der Waals surface area contributed by atoms with Crippen molar-refractivity contribution in [3.8, 4) is 11.5 Å². The molecule has 1 aliphatic heterocycles. The minimum atomic E-state index is -4.29. The highest BCUT2D eigenvalue weighted by atomic mass is 32.2. The van der Waals surface area contributed by atoms with Crippen LogP contribution in [0.15, 0.2) is 30.3 Å². The van der Waals surface area contributed by atoms with E-state index in [0.29, 0.717) is 17.2 Å². The molecular weight excluding hydrogens is 362 g/mol. The summed E-state index contributed by atoms with van der Waals surface area (Å²) in [4.78, 5) is 1.76. The smallest absolute Gasteiger partial charge is 0.286 e. The van der Waals surface area contributed by atoms with E-state index in [1.807, 2.05) is 31.2 Å². The molecule has 1 aliphatic rings. The summed E-state index contributed by atoms with van der Waals surface area (Å²) in [5, 5.41) is -1.07. The Balaban J connectivity index is 2.37. The van der Waals surface area contributed by atoms with E-state index >= 15 is 0 Å². The molecule has 0 aliphatic carbocycles. The van der Waals surface area contributed by atoms with E-state index in [9.17, 15) is 13.0 Å². The van der Waals surface area contributed by atoms with Crippen molar-refractivity contribution in [2.24, 2.45) is 0 Å². The number of nitrogens with zero attached hydrogens (tertiary/aromatic N) is 1. The van der Waals surface area contributed by atoms with Gasteiger partial charge in [-0.3, -0.25) is 4.55 Å². The maximum absolute atomic E-state index is 12.3. The summed E-state index contributed by atoms with van der Waals surface area (Å²) >= 11 is 0. The average Bonchev–Trinajstić information content (AvgIpc) is 2.65. The van der Waals surface area contributed by atoms with Gasteiger partial charge in [-0.1, -0.05) is 45.9 Å². The zero-order valence-electron chi connectivity index (χ0n) is 16.3. The fraction of sp³-hybridized carbons (Fsp3) is 0.429. The Morgan fingerprint density at radius 1 is 1.04 bits per heavy atom. The standard InChI is InChI=1S/C21H27NO4S/c1-5-14-12-16(7-3)21-17(13-14)22(19(8-4)27(23,24)25)20-15(6-2)10-9-11-18(20)26-21/h9-13,19H,5-8H2,1-4H3,(H,23,24,25). The molecule has 5 nitrogen and oxygen atoms in total. The fourth-order valence-corrected chi connectivity index (χ4v) is 4.67. The van der Waals surface area contributed by atoms with Gasteiger partial charge in [-0.05, 0) is 54.5 Å². The molecule has 27 heavy (non-hydrogen) atoms. The molecule has 0 aromatic heterocycles. The topological polar surface area (TPSA) is 66.8 Å². The molecule has 6 heteroatoms. The first kappa shape index (κ1) is 19.7. The van der Waals surface area contributed by atoms with Crippen LogP contribution in [0.5, 0.6) is 11.5 Å². The molecule has 0 saturated carbocycles. The van der Waals surface area contributed by atoms with Crippen molar-refractivity contribution in [1.82, 2.24) is 0 Å². The molecule has 0 amide bonds. The van der Waals surface area contributed by atoms with Crippen LogP contribution in [0.25, 0.3) is 0 Å². The van der Waals surface area contributed by atoms with E-state index in [2.05, 4.69) is 19.9 Å². The highest BCUT2D eigenvalue weighted by molar-refractivity contribution is 7.86. The number of hydrogen-bond acceptors (Lipinski definition) is 4. The van der Waals surface area contributed by atoms with Crippen molar-refractivity contribution in [2.75, 3.05) is 4.90 Å². The summed E-state index contributed by atoms with van der Waals surface area (Å²) in [6, 6.07) is 9.84. The summed E-state index contributed by atoms with van der Waals surface area (Å²) < 4.78 is 40.8. The van der Waals surface area contributed by atoms with Gasteiger partial charge in [0.2, 0.25) is 0 Å². The maximum Gasteiger partial charge on any atom is 0.286 e. The molecular formula is C21H27NO4S. The van der Waals surface area contributed by atoms with Crippen LogP contribution >= 0.6 is 0 Å². The van der Waals surface area contributed by atoms with Crippen LogP contribution in [0.1, 0.15) is 50.8 Å². The molecule has 0 radical (unpaired) electrons. The molecule has 146 valence electrons. The molecule has 1 heterocycles. The van der Waals surface area contributed by atoms with Crippen molar-refractivity contribution in [3.05, 3.63) is 47.0 Å². The van der Waals surface area contributed by atoms with E-state index in [-0.39, 0.29) is 6.42 Å². The lowest BCUT2D eigenvalue weighted by Gasteiger charge is -2.39. The molecule has 0 spiro atoms. The molecule has 0 bridgehead atoms. The highest BCUT2D eigenvalue weighted by Crippen LogP contribution is 2.52. The molecule has 0 fully saturated rings. The first-order chi connectivity index (χ1) is 12.8. The van der Waals surface area contributed by atoms with Crippen molar-refractivity contribution in [1.29, 1.82) is 0 Å². The number of aryl methyl sites for hydroxylation is 3. The average molecular weight is 390 g/mol. The maximum atomic E-state index is 12.3. The molecule has 1 N–H and O–H groups in total. The van der Waals surface area contributed by atoms with Gasteiger partial charge in [0.05, 0.1) is 11.4 Å². The van der Waals surface area contributed by atoms with E-state index in [4.69, 9.17) is 4.74 Å². The van der Waals surface area contributed by atoms with Crippen molar-refractivity contribution >= 4 is 21.5 Å². The van der Waals surface area contributed by atoms with Crippen LogP contribution in [0.2, 0.25) is 0 Å². The predicted molar refractivity (Wildman–Crippen MR) is 109 cm³/mol. The molecule has 3 rings (SSSR count). The van der Waals surface area contributed by atoms with Crippen LogP contribution in [0.3, 0.4) is 0 Å². The van der Waals surface area contributed by atoms with Crippen molar-refractivity contribution in [2.45, 2.75) is 58.8 Å². The van der Waals surface area contributed by atoms with Crippen molar-refractivity contribution in [3.63, 3.8) is 0 Å². The van der Waals surface area contributed by atoms with Crippen LogP contribution in [-0.2, 0) is 29.4 Å². The molecule has 0 saturated heterocycles. The zero-order valence-corrected chi connectivity index (χ0v) is 17.1. The summed E-state index contributed by atoms with van der Waals surface area (Å²) in [7, 11) is -4.29. The summed E-state index contributed by atoms with van der Waals surface area (Å²) in [6.45, 7) is 7.92. The normalized spacial score (nSPS) is 14.3. The third kappa shape index (κ3) is 3.44. The second-order valence-corrected chi connectivity index (χ2v) is 8.35. The van der Waals surface area contributed by atoms with E-state index in [1.54, 1.807) is 11.8 Å². The second-order valence-electron chi connectivity index (χ2n) is 6.78. The van der Waals surface area contributed by atoms with E-state index in [1.165, 1.54) is 0 Å². The number of para-hydroxylation sites is 1. The van der Waals surface area contributed by atoms with Crippen molar-refractivity contribution < 1.29 is 17.7 Å². The lowest BCUT2D eigenvalue weighted by molar-refractivity contribution is 0.448. The Morgan fingerprint density at radius 3 is 2.30 bits per heavy atom. The third-order valence-corrected chi connectivity index (χ3v) is 6.38. The van der Waals surface area contributed by atoms with Gasteiger partial charge < -0.3 is 9.64 Å². The Kier molecular flexibility index (Phi) is 5.49. The number of ether oxygens (including phenoxy) is 1. The largest absolute Gasteiger partial charge is 0.453 e. The minimum absolute atomic E-state index is 0.258. The monoisotopic (exact) mass is 389 g/mol. The van der Waals surface area contributed by atoms with E-state index < -0.39 is 15.5 Å². The Morgan fingerprint density at radius 2 is 1.74 bits per heavy atom. The molecule has 1 unspecified atom stereocenters. The Hall–Kier alpha value is -2.05. The first-order valence-corrected chi connectivity index (χ1v) is 11.1. The van der Waals surface area contributed by atoms with Gasteiger partial charge in [-0.25, -0.2) is 0 Å². The summed E-state index contributed by atoms with van der Waals surface area (Å²) in [5.74, 6) is 1.31. The zero-order chi connectivity index (χ0) is 19.8. The van der Waals surface area contributed by atoms with Crippen LogP contribution in [0.4, 0.5) is 11.4 Å². The Bertz CT molecular complexity index is 953. The number of anilines is 2. The van der Waals surface area contributed by atoms with Gasteiger partial charge in [-0.2, -0.15) is 8.42 Å². The van der Waals surface area contributed by atoms with Gasteiger partial charge >= 0.3 is 0 Å². The second kappa shape index (κ2) is 7.52. The number of benzene rings is 2. The number of hydrogen-bond donors (Lipinski definition) is 1. The van der Waals surface area contributed by atoms with Crippen LogP contribution in [0, 0.1) is 0 Å². The van der Waals surface area contributed by atoms with Gasteiger partial charge in [0.25, 0.3) is 10.1 Å². The lowest BCUT2D eigenvalue weighted by Crippen LogP contribution is -2.39. The lowest BCUT2D eigenvalue weighted by atomic mass is 9.99.